The number of rotatable bonds is 6. The van der Waals surface area contributed by atoms with Crippen molar-refractivity contribution in [3.05, 3.63) is 72.3 Å². The van der Waals surface area contributed by atoms with Gasteiger partial charge in [0.15, 0.2) is 11.6 Å². The van der Waals surface area contributed by atoms with E-state index < -0.39 is 5.82 Å². The van der Waals surface area contributed by atoms with Gasteiger partial charge < -0.3 is 19.7 Å². The molecule has 4 rings (SSSR count). The number of nitrogens with one attached hydrogen (secondary N) is 1. The van der Waals surface area contributed by atoms with Gasteiger partial charge in [-0.2, -0.15) is 0 Å². The highest BCUT2D eigenvalue weighted by Crippen LogP contribution is 2.28. The minimum absolute atomic E-state index is 0.136. The van der Waals surface area contributed by atoms with Crippen molar-refractivity contribution in [2.45, 2.75) is 13.0 Å². The van der Waals surface area contributed by atoms with E-state index in [0.29, 0.717) is 24.8 Å². The van der Waals surface area contributed by atoms with Gasteiger partial charge in [0.25, 0.3) is 0 Å². The van der Waals surface area contributed by atoms with Crippen LogP contribution in [0.15, 0.2) is 60.9 Å². The predicted octanol–water partition coefficient (Wildman–Crippen LogP) is 4.42. The number of para-hydroxylation sites is 1. The van der Waals surface area contributed by atoms with E-state index in [9.17, 15) is 4.39 Å². The van der Waals surface area contributed by atoms with Gasteiger partial charge in [0.2, 0.25) is 0 Å². The fourth-order valence-electron chi connectivity index (χ4n) is 3.18. The van der Waals surface area contributed by atoms with E-state index in [2.05, 4.69) is 20.2 Å². The van der Waals surface area contributed by atoms with Crippen LogP contribution in [0.4, 0.5) is 16.0 Å². The predicted molar refractivity (Wildman–Crippen MR) is 110 cm³/mol. The number of ether oxygens (including phenoxy) is 2. The van der Waals surface area contributed by atoms with Gasteiger partial charge in [-0.05, 0) is 36.8 Å². The first-order valence-electron chi connectivity index (χ1n) is 9.63. The van der Waals surface area contributed by atoms with E-state index >= 15 is 0 Å². The fourth-order valence-corrected chi connectivity index (χ4v) is 3.18. The summed E-state index contributed by atoms with van der Waals surface area (Å²) in [7, 11) is 0. The highest BCUT2D eigenvalue weighted by atomic mass is 19.1. The van der Waals surface area contributed by atoms with Crippen LogP contribution in [0.5, 0.6) is 11.5 Å². The number of morpholine rings is 1. The molecular formula is C22H23FN4O2. The molecule has 1 N–H and O–H groups in total. The van der Waals surface area contributed by atoms with E-state index in [-0.39, 0.29) is 11.8 Å². The fraction of sp³-hybridized carbons (Fsp3) is 0.273. The molecule has 0 amide bonds. The second-order valence-corrected chi connectivity index (χ2v) is 6.83. The van der Waals surface area contributed by atoms with Crippen LogP contribution >= 0.6 is 0 Å². The minimum Gasteiger partial charge on any atom is -0.454 e. The highest BCUT2D eigenvalue weighted by molar-refractivity contribution is 5.50. The van der Waals surface area contributed by atoms with E-state index in [0.717, 1.165) is 24.5 Å². The highest BCUT2D eigenvalue weighted by Gasteiger charge is 2.15. The van der Waals surface area contributed by atoms with Gasteiger partial charge in [0, 0.05) is 19.2 Å². The summed E-state index contributed by atoms with van der Waals surface area (Å²) in [6.07, 6.45) is 1.54. The summed E-state index contributed by atoms with van der Waals surface area (Å²) in [5.74, 6) is 1.94. The SMILES string of the molecule is CC(Nc1cc(N2CCOCC2)ncn1)c1ccc(Oc2ccccc2)c(F)c1. The maximum atomic E-state index is 14.5. The summed E-state index contributed by atoms with van der Waals surface area (Å²) in [6.45, 7) is 4.96. The molecule has 2 heterocycles. The lowest BCUT2D eigenvalue weighted by Gasteiger charge is -2.28. The number of hydrogen-bond acceptors (Lipinski definition) is 6. The molecule has 1 atom stereocenters. The molecule has 1 saturated heterocycles. The van der Waals surface area contributed by atoms with Gasteiger partial charge in [0.1, 0.15) is 23.7 Å². The van der Waals surface area contributed by atoms with Crippen LogP contribution in [0.1, 0.15) is 18.5 Å². The van der Waals surface area contributed by atoms with Gasteiger partial charge >= 0.3 is 0 Å². The van der Waals surface area contributed by atoms with Crippen molar-refractivity contribution < 1.29 is 13.9 Å². The normalized spacial score (nSPS) is 15.0. The standard InChI is InChI=1S/C22H23FN4O2/c1-16(26-21-14-22(25-15-24-21)27-9-11-28-12-10-27)17-7-8-20(19(23)13-17)29-18-5-3-2-4-6-18/h2-8,13-16H,9-12H2,1H3,(H,24,25,26). The maximum Gasteiger partial charge on any atom is 0.166 e. The third-order valence-corrected chi connectivity index (χ3v) is 4.78. The number of benzene rings is 2. The first-order valence-corrected chi connectivity index (χ1v) is 9.63. The van der Waals surface area contributed by atoms with Gasteiger partial charge in [-0.25, -0.2) is 14.4 Å². The number of hydrogen-bond donors (Lipinski definition) is 1. The third kappa shape index (κ3) is 4.81. The largest absolute Gasteiger partial charge is 0.454 e. The molecule has 0 spiro atoms. The lowest BCUT2D eigenvalue weighted by molar-refractivity contribution is 0.122. The van der Waals surface area contributed by atoms with E-state index in [4.69, 9.17) is 9.47 Å². The van der Waals surface area contributed by atoms with Crippen LogP contribution in [-0.4, -0.2) is 36.3 Å². The van der Waals surface area contributed by atoms with Gasteiger partial charge in [0.05, 0.1) is 19.3 Å². The quantitative estimate of drug-likeness (QED) is 0.668. The molecule has 150 valence electrons. The van der Waals surface area contributed by atoms with Gasteiger partial charge in [-0.3, -0.25) is 0 Å². The monoisotopic (exact) mass is 394 g/mol. The van der Waals surface area contributed by atoms with Crippen LogP contribution in [0.25, 0.3) is 0 Å². The Morgan fingerprint density at radius 2 is 1.86 bits per heavy atom. The van der Waals surface area contributed by atoms with Crippen molar-refractivity contribution in [2.75, 3.05) is 36.5 Å². The van der Waals surface area contributed by atoms with Gasteiger partial charge in [-0.1, -0.05) is 24.3 Å². The van der Waals surface area contributed by atoms with Crippen molar-refractivity contribution in [2.24, 2.45) is 0 Å². The Bertz CT molecular complexity index is 949. The zero-order valence-electron chi connectivity index (χ0n) is 16.2. The third-order valence-electron chi connectivity index (χ3n) is 4.78. The van der Waals surface area contributed by atoms with Crippen LogP contribution in [0.2, 0.25) is 0 Å². The Kier molecular flexibility index (Phi) is 5.86. The van der Waals surface area contributed by atoms with Crippen molar-refractivity contribution in [1.29, 1.82) is 0 Å². The molecule has 7 heteroatoms. The lowest BCUT2D eigenvalue weighted by atomic mass is 10.1. The van der Waals surface area contributed by atoms with E-state index in [1.807, 2.05) is 37.3 Å². The molecule has 2 aromatic carbocycles. The molecule has 1 aliphatic rings. The Balaban J connectivity index is 1.44. The van der Waals surface area contributed by atoms with Crippen molar-refractivity contribution >= 4 is 11.6 Å². The second-order valence-electron chi connectivity index (χ2n) is 6.83. The number of aromatic nitrogens is 2. The summed E-state index contributed by atoms with van der Waals surface area (Å²) in [5.41, 5.74) is 0.800. The van der Waals surface area contributed by atoms with Crippen LogP contribution in [-0.2, 0) is 4.74 Å². The molecule has 3 aromatic rings. The Labute approximate surface area is 169 Å². The van der Waals surface area contributed by atoms with Crippen LogP contribution < -0.4 is 15.0 Å². The van der Waals surface area contributed by atoms with Crippen LogP contribution in [0.3, 0.4) is 0 Å². The van der Waals surface area contributed by atoms with E-state index in [1.54, 1.807) is 18.2 Å². The maximum absolute atomic E-state index is 14.5. The Morgan fingerprint density at radius 3 is 2.62 bits per heavy atom. The molecule has 0 bridgehead atoms. The summed E-state index contributed by atoms with van der Waals surface area (Å²) >= 11 is 0. The summed E-state index contributed by atoms with van der Waals surface area (Å²) in [5, 5.41) is 3.32. The number of halogens is 1. The van der Waals surface area contributed by atoms with E-state index in [1.165, 1.54) is 12.4 Å². The lowest BCUT2D eigenvalue weighted by Crippen LogP contribution is -2.36. The van der Waals surface area contributed by atoms with Gasteiger partial charge in [-0.15, -0.1) is 0 Å². The van der Waals surface area contributed by atoms with Crippen molar-refractivity contribution in [3.63, 3.8) is 0 Å². The summed E-state index contributed by atoms with van der Waals surface area (Å²) in [6, 6.07) is 15.9. The molecule has 1 aromatic heterocycles. The Hall–Kier alpha value is -3.19. The molecule has 0 radical (unpaired) electrons. The molecular weight excluding hydrogens is 371 g/mol. The smallest absolute Gasteiger partial charge is 0.166 e. The zero-order valence-corrected chi connectivity index (χ0v) is 16.2. The summed E-state index contributed by atoms with van der Waals surface area (Å²) < 4.78 is 25.5. The van der Waals surface area contributed by atoms with Crippen molar-refractivity contribution in [3.8, 4) is 11.5 Å². The zero-order chi connectivity index (χ0) is 20.1. The molecule has 1 aliphatic heterocycles. The molecule has 0 aliphatic carbocycles. The minimum atomic E-state index is -0.406. The molecule has 29 heavy (non-hydrogen) atoms. The topological polar surface area (TPSA) is 59.5 Å². The first-order chi connectivity index (χ1) is 14.2. The molecule has 0 saturated carbocycles. The molecule has 1 fully saturated rings. The number of anilines is 2. The Morgan fingerprint density at radius 1 is 1.07 bits per heavy atom. The second kappa shape index (κ2) is 8.87. The molecule has 6 nitrogen and oxygen atoms in total. The number of nitrogens with zero attached hydrogens (tertiary/aromatic N) is 3. The first kappa shape index (κ1) is 19.1. The average Bonchev–Trinajstić information content (AvgIpc) is 2.77. The van der Waals surface area contributed by atoms with Crippen molar-refractivity contribution in [1.82, 2.24) is 9.97 Å². The van der Waals surface area contributed by atoms with Crippen LogP contribution in [0, 0.1) is 5.82 Å². The average molecular weight is 394 g/mol. The summed E-state index contributed by atoms with van der Waals surface area (Å²) in [4.78, 5) is 10.8. The molecule has 1 unspecified atom stereocenters.